The van der Waals surface area contributed by atoms with Crippen LogP contribution >= 0.6 is 11.3 Å². The van der Waals surface area contributed by atoms with Crippen LogP contribution in [0.2, 0.25) is 0 Å². The summed E-state index contributed by atoms with van der Waals surface area (Å²) in [6, 6.07) is 15.0. The maximum Gasteiger partial charge on any atom is 0.244 e. The number of thiophene rings is 1. The molecule has 3 rings (SSSR count). The summed E-state index contributed by atoms with van der Waals surface area (Å²) < 4.78 is 23.8. The van der Waals surface area contributed by atoms with Gasteiger partial charge < -0.3 is 14.8 Å². The van der Waals surface area contributed by atoms with E-state index in [1.54, 1.807) is 38.5 Å². The van der Waals surface area contributed by atoms with Crippen LogP contribution in [0.3, 0.4) is 0 Å². The molecule has 1 aromatic heterocycles. The van der Waals surface area contributed by atoms with Crippen LogP contribution < -0.4 is 14.8 Å². The highest BCUT2D eigenvalue weighted by atomic mass is 32.1. The molecule has 0 aliphatic heterocycles. The Morgan fingerprint density at radius 1 is 1.07 bits per heavy atom. The van der Waals surface area contributed by atoms with Gasteiger partial charge in [-0.05, 0) is 52.9 Å². The molecule has 0 fully saturated rings. The Morgan fingerprint density at radius 2 is 1.75 bits per heavy atom. The average molecular weight is 397 g/mol. The summed E-state index contributed by atoms with van der Waals surface area (Å²) in [5.74, 6) is 0.709. The van der Waals surface area contributed by atoms with Crippen molar-refractivity contribution in [3.8, 4) is 11.5 Å². The number of nitrogens with one attached hydrogen (secondary N) is 1. The molecule has 6 heteroatoms. The number of carbonyl (C=O) groups is 1. The first kappa shape index (κ1) is 19.6. The lowest BCUT2D eigenvalue weighted by atomic mass is 10.1. The van der Waals surface area contributed by atoms with Crippen molar-refractivity contribution >= 4 is 23.3 Å². The molecule has 0 saturated carbocycles. The summed E-state index contributed by atoms with van der Waals surface area (Å²) in [7, 11) is 3.15. The monoisotopic (exact) mass is 397 g/mol. The third kappa shape index (κ3) is 4.98. The summed E-state index contributed by atoms with van der Waals surface area (Å²) in [5, 5.41) is 4.92. The number of amides is 1. The molecule has 0 radical (unpaired) electrons. The van der Waals surface area contributed by atoms with E-state index in [0.717, 1.165) is 16.0 Å². The van der Waals surface area contributed by atoms with Crippen molar-refractivity contribution in [2.75, 3.05) is 14.2 Å². The Balaban J connectivity index is 1.79. The van der Waals surface area contributed by atoms with Gasteiger partial charge in [0.05, 0.1) is 20.3 Å². The Bertz CT molecular complexity index is 930. The van der Waals surface area contributed by atoms with E-state index in [1.807, 2.05) is 29.6 Å². The molecule has 0 aliphatic rings. The quantitative estimate of drug-likeness (QED) is 0.581. The second-order valence-corrected chi connectivity index (χ2v) is 6.97. The Hall–Kier alpha value is -3.12. The second kappa shape index (κ2) is 9.19. The largest absolute Gasteiger partial charge is 0.497 e. The van der Waals surface area contributed by atoms with Crippen molar-refractivity contribution in [1.29, 1.82) is 0 Å². The molecule has 1 amide bonds. The van der Waals surface area contributed by atoms with Crippen LogP contribution in [0.25, 0.3) is 6.08 Å². The highest BCUT2D eigenvalue weighted by Crippen LogP contribution is 2.27. The van der Waals surface area contributed by atoms with E-state index >= 15 is 0 Å². The Morgan fingerprint density at radius 3 is 2.32 bits per heavy atom. The van der Waals surface area contributed by atoms with Crippen molar-refractivity contribution in [3.63, 3.8) is 0 Å². The lowest BCUT2D eigenvalue weighted by molar-refractivity contribution is -0.116. The number of ether oxygens (including phenoxy) is 2. The maximum absolute atomic E-state index is 13.3. The predicted octanol–water partition coefficient (Wildman–Crippen LogP) is 4.82. The molecule has 28 heavy (non-hydrogen) atoms. The third-order valence-corrected chi connectivity index (χ3v) is 5.06. The van der Waals surface area contributed by atoms with Crippen molar-refractivity contribution < 1.29 is 18.7 Å². The summed E-state index contributed by atoms with van der Waals surface area (Å²) in [4.78, 5) is 13.5. The topological polar surface area (TPSA) is 47.6 Å². The average Bonchev–Trinajstić information content (AvgIpc) is 3.25. The van der Waals surface area contributed by atoms with Gasteiger partial charge in [0.2, 0.25) is 5.91 Å². The van der Waals surface area contributed by atoms with Crippen molar-refractivity contribution in [2.45, 2.75) is 6.04 Å². The molecular weight excluding hydrogens is 377 g/mol. The first-order chi connectivity index (χ1) is 13.6. The van der Waals surface area contributed by atoms with Gasteiger partial charge >= 0.3 is 0 Å². The molecule has 1 heterocycles. The normalized spacial score (nSPS) is 12.0. The standard InChI is InChI=1S/C22H20FNO3S/c1-26-18-12-15(13-19(14-18)27-2)5-10-21(25)24-22(20-4-3-11-28-20)16-6-8-17(23)9-7-16/h3-14,22H,1-2H3,(H,24,25)/b10-5+. The number of benzene rings is 2. The van der Waals surface area contributed by atoms with Crippen LogP contribution in [0.15, 0.2) is 66.1 Å². The van der Waals surface area contributed by atoms with Gasteiger partial charge in [-0.1, -0.05) is 18.2 Å². The maximum atomic E-state index is 13.3. The van der Waals surface area contributed by atoms with Gasteiger partial charge in [-0.25, -0.2) is 4.39 Å². The zero-order chi connectivity index (χ0) is 19.9. The van der Waals surface area contributed by atoms with Crippen molar-refractivity contribution in [1.82, 2.24) is 5.32 Å². The van der Waals surface area contributed by atoms with Crippen LogP contribution in [-0.4, -0.2) is 20.1 Å². The van der Waals surface area contributed by atoms with E-state index < -0.39 is 0 Å². The summed E-state index contributed by atoms with van der Waals surface area (Å²) in [6.45, 7) is 0. The summed E-state index contributed by atoms with van der Waals surface area (Å²) in [5.41, 5.74) is 1.59. The Kier molecular flexibility index (Phi) is 6.45. The van der Waals surface area contributed by atoms with Gasteiger partial charge in [0.25, 0.3) is 0 Å². The van der Waals surface area contributed by atoms with Crippen LogP contribution in [0.1, 0.15) is 22.0 Å². The van der Waals surface area contributed by atoms with Crippen LogP contribution in [0.5, 0.6) is 11.5 Å². The molecule has 2 aromatic carbocycles. The van der Waals surface area contributed by atoms with E-state index in [9.17, 15) is 9.18 Å². The van der Waals surface area contributed by atoms with Crippen LogP contribution in [0.4, 0.5) is 4.39 Å². The molecule has 0 spiro atoms. The van der Waals surface area contributed by atoms with Crippen LogP contribution in [-0.2, 0) is 4.79 Å². The molecular formula is C22H20FNO3S. The molecule has 3 aromatic rings. The van der Waals surface area contributed by atoms with E-state index in [4.69, 9.17) is 9.47 Å². The highest BCUT2D eigenvalue weighted by molar-refractivity contribution is 7.10. The van der Waals surface area contributed by atoms with Gasteiger partial charge in [0.15, 0.2) is 0 Å². The number of carbonyl (C=O) groups excluding carboxylic acids is 1. The molecule has 0 saturated heterocycles. The fraction of sp³-hybridized carbons (Fsp3) is 0.136. The fourth-order valence-electron chi connectivity index (χ4n) is 2.72. The number of hydrogen-bond acceptors (Lipinski definition) is 4. The number of rotatable bonds is 7. The summed E-state index contributed by atoms with van der Waals surface area (Å²) in [6.07, 6.45) is 3.15. The van der Waals surface area contributed by atoms with E-state index in [0.29, 0.717) is 11.5 Å². The molecule has 144 valence electrons. The van der Waals surface area contributed by atoms with Gasteiger partial charge in [0.1, 0.15) is 17.3 Å². The van der Waals surface area contributed by atoms with E-state index in [2.05, 4.69) is 5.32 Å². The zero-order valence-electron chi connectivity index (χ0n) is 15.5. The van der Waals surface area contributed by atoms with E-state index in [1.165, 1.54) is 29.5 Å². The zero-order valence-corrected chi connectivity index (χ0v) is 16.3. The molecule has 0 aliphatic carbocycles. The van der Waals surface area contributed by atoms with Gasteiger partial charge in [0, 0.05) is 17.0 Å². The van der Waals surface area contributed by atoms with Gasteiger partial charge in [-0.3, -0.25) is 4.79 Å². The Labute approximate surface area is 167 Å². The number of methoxy groups -OCH3 is 2. The summed E-state index contributed by atoms with van der Waals surface area (Å²) >= 11 is 1.53. The third-order valence-electron chi connectivity index (χ3n) is 4.12. The minimum Gasteiger partial charge on any atom is -0.497 e. The lowest BCUT2D eigenvalue weighted by Crippen LogP contribution is -2.27. The smallest absolute Gasteiger partial charge is 0.244 e. The number of halogens is 1. The first-order valence-corrected chi connectivity index (χ1v) is 9.47. The molecule has 1 unspecified atom stereocenters. The fourth-order valence-corrected chi connectivity index (χ4v) is 3.52. The van der Waals surface area contributed by atoms with Gasteiger partial charge in [-0.2, -0.15) is 0 Å². The molecule has 1 N–H and O–H groups in total. The number of hydrogen-bond donors (Lipinski definition) is 1. The second-order valence-electron chi connectivity index (χ2n) is 5.99. The van der Waals surface area contributed by atoms with Crippen molar-refractivity contribution in [2.24, 2.45) is 0 Å². The minimum atomic E-state index is -0.349. The molecule has 0 bridgehead atoms. The van der Waals surface area contributed by atoms with Crippen molar-refractivity contribution in [3.05, 3.63) is 87.9 Å². The highest BCUT2D eigenvalue weighted by Gasteiger charge is 2.17. The van der Waals surface area contributed by atoms with Crippen LogP contribution in [0, 0.1) is 5.82 Å². The first-order valence-electron chi connectivity index (χ1n) is 8.59. The van der Waals surface area contributed by atoms with E-state index in [-0.39, 0.29) is 17.8 Å². The SMILES string of the molecule is COc1cc(/C=C/C(=O)NC(c2ccc(F)cc2)c2cccs2)cc(OC)c1. The molecule has 1 atom stereocenters. The van der Waals surface area contributed by atoms with Gasteiger partial charge in [-0.15, -0.1) is 11.3 Å². The minimum absolute atomic E-state index is 0.260. The lowest BCUT2D eigenvalue weighted by Gasteiger charge is -2.17. The predicted molar refractivity (Wildman–Crippen MR) is 109 cm³/mol. The molecule has 4 nitrogen and oxygen atoms in total.